The third-order valence-corrected chi connectivity index (χ3v) is 2.98. The van der Waals surface area contributed by atoms with E-state index in [1.807, 2.05) is 6.92 Å². The Labute approximate surface area is 85.7 Å². The number of aryl methyl sites for hydroxylation is 1. The Balaban J connectivity index is 2.13. The van der Waals surface area contributed by atoms with Crippen LogP contribution in [0.2, 0.25) is 0 Å². The van der Waals surface area contributed by atoms with E-state index in [9.17, 15) is 4.21 Å². The van der Waals surface area contributed by atoms with Gasteiger partial charge in [0.2, 0.25) is 5.89 Å². The summed E-state index contributed by atoms with van der Waals surface area (Å²) < 4.78 is 15.9. The second kappa shape index (κ2) is 5.87. The second-order valence-electron chi connectivity index (χ2n) is 2.84. The number of hydrogen-bond donors (Lipinski definition) is 1. The predicted molar refractivity (Wildman–Crippen MR) is 54.3 cm³/mol. The number of hydrogen-bond acceptors (Lipinski definition) is 5. The van der Waals surface area contributed by atoms with Gasteiger partial charge < -0.3 is 9.84 Å². The summed E-state index contributed by atoms with van der Waals surface area (Å²) in [5.74, 6) is 2.60. The van der Waals surface area contributed by atoms with Gasteiger partial charge in [-0.2, -0.15) is 4.98 Å². The minimum atomic E-state index is -0.706. The first-order chi connectivity index (χ1) is 6.72. The summed E-state index contributed by atoms with van der Waals surface area (Å²) >= 11 is 0. The van der Waals surface area contributed by atoms with Crippen molar-refractivity contribution >= 4 is 10.8 Å². The summed E-state index contributed by atoms with van der Waals surface area (Å²) in [6.45, 7) is 4.95. The molecule has 1 aromatic heterocycles. The van der Waals surface area contributed by atoms with Crippen molar-refractivity contribution in [2.24, 2.45) is 0 Å². The molecule has 0 aliphatic carbocycles. The minimum absolute atomic E-state index is 0.568. The fourth-order valence-corrected chi connectivity index (χ4v) is 1.60. The maximum atomic E-state index is 11.0. The number of nitrogens with zero attached hydrogens (tertiary/aromatic N) is 2. The maximum absolute atomic E-state index is 11.0. The molecule has 1 rings (SSSR count). The van der Waals surface area contributed by atoms with Gasteiger partial charge in [0.1, 0.15) is 0 Å². The summed E-state index contributed by atoms with van der Waals surface area (Å²) in [7, 11) is -0.706. The van der Waals surface area contributed by atoms with Crippen molar-refractivity contribution in [2.75, 3.05) is 18.1 Å². The molecule has 5 nitrogen and oxygen atoms in total. The molecule has 6 heteroatoms. The maximum Gasteiger partial charge on any atom is 0.223 e. The quantitative estimate of drug-likeness (QED) is 0.691. The zero-order valence-electron chi connectivity index (χ0n) is 8.45. The van der Waals surface area contributed by atoms with Crippen LogP contribution in [0.3, 0.4) is 0 Å². The van der Waals surface area contributed by atoms with Gasteiger partial charge >= 0.3 is 0 Å². The van der Waals surface area contributed by atoms with Crippen LogP contribution in [0.4, 0.5) is 0 Å². The SMILES string of the molecule is CCS(=O)CCNCc1noc(C)n1. The Morgan fingerprint density at radius 3 is 2.93 bits per heavy atom. The Kier molecular flexibility index (Phi) is 4.75. The fraction of sp³-hybridized carbons (Fsp3) is 0.750. The molecule has 1 aromatic rings. The van der Waals surface area contributed by atoms with E-state index in [0.717, 1.165) is 0 Å². The van der Waals surface area contributed by atoms with Crippen molar-refractivity contribution in [3.05, 3.63) is 11.7 Å². The van der Waals surface area contributed by atoms with Crippen LogP contribution in [0.25, 0.3) is 0 Å². The van der Waals surface area contributed by atoms with Crippen LogP contribution in [0.15, 0.2) is 4.52 Å². The van der Waals surface area contributed by atoms with Crippen molar-refractivity contribution in [2.45, 2.75) is 20.4 Å². The number of nitrogens with one attached hydrogen (secondary N) is 1. The van der Waals surface area contributed by atoms with E-state index in [1.54, 1.807) is 6.92 Å². The molecule has 80 valence electrons. The first-order valence-corrected chi connectivity index (χ1v) is 6.06. The van der Waals surface area contributed by atoms with Gasteiger partial charge in [-0.3, -0.25) is 4.21 Å². The number of rotatable bonds is 6. The topological polar surface area (TPSA) is 68.0 Å². The molecule has 1 unspecified atom stereocenters. The van der Waals surface area contributed by atoms with Gasteiger partial charge in [0.15, 0.2) is 5.82 Å². The molecule has 0 radical (unpaired) electrons. The van der Waals surface area contributed by atoms with Crippen molar-refractivity contribution in [1.82, 2.24) is 15.5 Å². The highest BCUT2D eigenvalue weighted by molar-refractivity contribution is 7.84. The van der Waals surface area contributed by atoms with Crippen molar-refractivity contribution < 1.29 is 8.73 Å². The fourth-order valence-electron chi connectivity index (χ4n) is 0.944. The van der Waals surface area contributed by atoms with Gasteiger partial charge in [0.05, 0.1) is 6.54 Å². The highest BCUT2D eigenvalue weighted by Crippen LogP contribution is 1.93. The molecule has 0 spiro atoms. The average molecular weight is 217 g/mol. The first kappa shape index (κ1) is 11.3. The van der Waals surface area contributed by atoms with Crippen LogP contribution in [0, 0.1) is 6.92 Å². The Hall–Kier alpha value is -0.750. The van der Waals surface area contributed by atoms with Crippen LogP contribution in [-0.2, 0) is 17.3 Å². The van der Waals surface area contributed by atoms with Crippen LogP contribution in [-0.4, -0.2) is 32.4 Å². The lowest BCUT2D eigenvalue weighted by Gasteiger charge is -1.99. The van der Waals surface area contributed by atoms with Gasteiger partial charge in [0.25, 0.3) is 0 Å². The van der Waals surface area contributed by atoms with Gasteiger partial charge in [-0.25, -0.2) is 0 Å². The van der Waals surface area contributed by atoms with Gasteiger partial charge in [-0.1, -0.05) is 12.1 Å². The zero-order chi connectivity index (χ0) is 10.4. The molecule has 14 heavy (non-hydrogen) atoms. The van der Waals surface area contributed by atoms with Crippen LogP contribution in [0.1, 0.15) is 18.6 Å². The molecule has 0 saturated heterocycles. The molecule has 0 saturated carbocycles. The summed E-state index contributed by atoms with van der Waals surface area (Å²) in [4.78, 5) is 4.03. The van der Waals surface area contributed by atoms with Crippen molar-refractivity contribution in [3.63, 3.8) is 0 Å². The predicted octanol–water partition coefficient (Wildman–Crippen LogP) is 0.236. The standard InChI is InChI=1S/C8H15N3O2S/c1-3-14(12)5-4-9-6-8-10-7(2)13-11-8/h9H,3-6H2,1-2H3. The molecule has 0 aliphatic heterocycles. The van der Waals surface area contributed by atoms with Gasteiger partial charge in [-0.05, 0) is 0 Å². The molecule has 1 atom stereocenters. The van der Waals surface area contributed by atoms with E-state index in [-0.39, 0.29) is 0 Å². The lowest BCUT2D eigenvalue weighted by atomic mass is 10.6. The van der Waals surface area contributed by atoms with E-state index in [4.69, 9.17) is 4.52 Å². The zero-order valence-corrected chi connectivity index (χ0v) is 9.26. The number of aromatic nitrogens is 2. The molecule has 0 aromatic carbocycles. The Bertz CT molecular complexity index is 301. The highest BCUT2D eigenvalue weighted by Gasteiger charge is 2.01. The third-order valence-electron chi connectivity index (χ3n) is 1.68. The van der Waals surface area contributed by atoms with Gasteiger partial charge in [0, 0.05) is 35.8 Å². The van der Waals surface area contributed by atoms with Gasteiger partial charge in [-0.15, -0.1) is 0 Å². The summed E-state index contributed by atoms with van der Waals surface area (Å²) in [6.07, 6.45) is 0. The van der Waals surface area contributed by atoms with E-state index < -0.39 is 10.8 Å². The van der Waals surface area contributed by atoms with Crippen molar-refractivity contribution in [3.8, 4) is 0 Å². The molecule has 1 N–H and O–H groups in total. The van der Waals surface area contributed by atoms with Crippen molar-refractivity contribution in [1.29, 1.82) is 0 Å². The molecule has 0 bridgehead atoms. The van der Waals surface area contributed by atoms with E-state index in [2.05, 4.69) is 15.5 Å². The minimum Gasteiger partial charge on any atom is -0.340 e. The summed E-state index contributed by atoms with van der Waals surface area (Å²) in [6, 6.07) is 0. The molecular weight excluding hydrogens is 202 g/mol. The van der Waals surface area contributed by atoms with E-state index in [1.165, 1.54) is 0 Å². The average Bonchev–Trinajstić information content (AvgIpc) is 2.58. The Morgan fingerprint density at radius 2 is 2.36 bits per heavy atom. The third kappa shape index (κ3) is 3.97. The monoisotopic (exact) mass is 217 g/mol. The molecular formula is C8H15N3O2S. The second-order valence-corrected chi connectivity index (χ2v) is 4.70. The highest BCUT2D eigenvalue weighted by atomic mass is 32.2. The largest absolute Gasteiger partial charge is 0.340 e. The normalized spacial score (nSPS) is 13.0. The summed E-state index contributed by atoms with van der Waals surface area (Å²) in [5.41, 5.74) is 0. The van der Waals surface area contributed by atoms with Crippen LogP contribution < -0.4 is 5.32 Å². The lowest BCUT2D eigenvalue weighted by Crippen LogP contribution is -2.21. The van der Waals surface area contributed by atoms with E-state index >= 15 is 0 Å². The lowest BCUT2D eigenvalue weighted by molar-refractivity contribution is 0.386. The van der Waals surface area contributed by atoms with E-state index in [0.29, 0.717) is 36.3 Å². The molecule has 1 heterocycles. The molecule has 0 fully saturated rings. The molecule has 0 amide bonds. The first-order valence-electron chi connectivity index (χ1n) is 4.57. The van der Waals surface area contributed by atoms with Crippen LogP contribution >= 0.6 is 0 Å². The smallest absolute Gasteiger partial charge is 0.223 e. The van der Waals surface area contributed by atoms with Crippen LogP contribution in [0.5, 0.6) is 0 Å². The summed E-state index contributed by atoms with van der Waals surface area (Å²) in [5, 5.41) is 6.83. The molecule has 0 aliphatic rings. The Morgan fingerprint density at radius 1 is 1.57 bits per heavy atom.